The number of halogens is 5. The molecular formula is C74H70F5Ir6N13-6. The Balaban J connectivity index is 0.000000304. The maximum atomic E-state index is 13.3. The van der Waals surface area contributed by atoms with Crippen LogP contribution in [0.5, 0.6) is 0 Å². The predicted molar refractivity (Wildman–Crippen MR) is 357 cm³/mol. The predicted octanol–water partition coefficient (Wildman–Crippen LogP) is 12.4. The van der Waals surface area contributed by atoms with Gasteiger partial charge in [0.2, 0.25) is 0 Å². The number of aliphatic imine (C=N–C) groups is 6. The van der Waals surface area contributed by atoms with E-state index in [1.54, 1.807) is 25.1 Å². The molecule has 13 nitrogen and oxygen atoms in total. The van der Waals surface area contributed by atoms with Crippen molar-refractivity contribution < 1.29 is 143 Å². The third kappa shape index (κ3) is 24.8. The van der Waals surface area contributed by atoms with Gasteiger partial charge >= 0.3 is 6.18 Å². The van der Waals surface area contributed by atoms with Crippen molar-refractivity contribution in [3.05, 3.63) is 285 Å². The van der Waals surface area contributed by atoms with Gasteiger partial charge in [-0.15, -0.1) is 173 Å². The molecule has 0 aromatic heterocycles. The molecule has 24 heteroatoms. The van der Waals surface area contributed by atoms with Crippen LogP contribution in [0.4, 0.5) is 33.3 Å². The average Bonchev–Trinajstić information content (AvgIpc) is 1.46. The Kier molecular flexibility index (Phi) is 37.9. The van der Waals surface area contributed by atoms with Crippen LogP contribution in [0.25, 0.3) is 4.85 Å². The van der Waals surface area contributed by atoms with Crippen LogP contribution in [-0.2, 0) is 133 Å². The number of benzene rings is 8. The summed E-state index contributed by atoms with van der Waals surface area (Å²) in [6.45, 7) is 19.6. The fourth-order valence-corrected chi connectivity index (χ4v) is 10.4. The van der Waals surface area contributed by atoms with E-state index in [4.69, 9.17) is 6.57 Å². The first-order valence-corrected chi connectivity index (χ1v) is 30.2. The molecule has 8 aromatic carbocycles. The van der Waals surface area contributed by atoms with Crippen molar-refractivity contribution in [1.29, 1.82) is 0 Å². The Labute approximate surface area is 654 Å². The third-order valence-corrected chi connectivity index (χ3v) is 14.9. The van der Waals surface area contributed by atoms with E-state index in [1.807, 2.05) is 110 Å². The smallest absolute Gasteiger partial charge is 0.397 e. The first-order chi connectivity index (χ1) is 44.6. The van der Waals surface area contributed by atoms with Gasteiger partial charge in [-0.25, -0.2) is 0 Å². The molecule has 0 spiro atoms. The van der Waals surface area contributed by atoms with E-state index in [-0.39, 0.29) is 126 Å². The van der Waals surface area contributed by atoms with Crippen LogP contribution in [0.2, 0.25) is 0 Å². The van der Waals surface area contributed by atoms with E-state index in [1.165, 1.54) is 11.3 Å². The van der Waals surface area contributed by atoms with Crippen molar-refractivity contribution in [3.8, 4) is 0 Å². The van der Waals surface area contributed by atoms with Gasteiger partial charge in [0.05, 0.1) is 12.4 Å². The molecule has 0 saturated carbocycles. The summed E-state index contributed by atoms with van der Waals surface area (Å²) in [7, 11) is 7.70. The standard InChI is InChI=1S/C16H15N2.C15H13N2.C12H12F3N2.C11H10N3.C10H9F2N2.C10H11N2.6Ir/c1-3-7-14(8-4-1)13-18-12-11-17-16(18)15-9-5-2-6-10-15;1-3-7-13(8-4-1)15-16-11-12-17(15)14-9-5-2-6-10-14;1-8-5-9(11-16-3-4-17(11)2)7-10(6-8)12(13,14)15;1-12-10-5-3-4-9(8-10)11-13-6-7-14(11)2;1-14-5-4-13-10(14)8-3-2-7(11)6-9(8)12;1-12-8-7-11-10(12)9-5-3-2-4-6-9;;;;;;/h1-9H,11-13H2;1-7,9-10H,11-12H2;5-6H,3-4H2,1-2H3;3,5,8H,6-7H2,2H3;2,6H,4-5H2,1H3;2-5H,7-8H2,1H3;;;;;;/q6*-1;;;;;;. The number of anilines is 1. The second kappa shape index (κ2) is 43.3. The van der Waals surface area contributed by atoms with Crippen LogP contribution < -0.4 is 4.90 Å². The minimum absolute atomic E-state index is 0. The average molecular weight is 2390 g/mol. The summed E-state index contributed by atoms with van der Waals surface area (Å²) in [4.78, 5) is 42.1. The Morgan fingerprint density at radius 1 is 0.449 bits per heavy atom. The molecule has 6 heterocycles. The zero-order valence-electron chi connectivity index (χ0n) is 54.1. The van der Waals surface area contributed by atoms with Gasteiger partial charge in [0.25, 0.3) is 0 Å². The van der Waals surface area contributed by atoms with E-state index in [0.717, 1.165) is 136 Å². The monoisotopic (exact) mass is 2390 g/mol. The normalized spacial score (nSPS) is 14.5. The number of amidine groups is 6. The summed E-state index contributed by atoms with van der Waals surface area (Å²) in [5.74, 6) is 3.99. The van der Waals surface area contributed by atoms with Crippen LogP contribution in [0.3, 0.4) is 0 Å². The number of hydrogen-bond donors (Lipinski definition) is 0. The van der Waals surface area contributed by atoms with Crippen molar-refractivity contribution in [2.45, 2.75) is 19.6 Å². The molecule has 0 aliphatic carbocycles. The molecular weight excluding hydrogens is 2320 g/mol. The van der Waals surface area contributed by atoms with Crippen LogP contribution in [0, 0.1) is 61.5 Å². The fraction of sp³-hybridized carbons (Fsp3) is 0.257. The number of likely N-dealkylation sites (N-methyl/N-ethyl adjacent to an activating group) is 4. The minimum atomic E-state index is -4.36. The summed E-state index contributed by atoms with van der Waals surface area (Å²) in [5.41, 5.74) is 7.80. The van der Waals surface area contributed by atoms with Crippen molar-refractivity contribution in [1.82, 2.24) is 24.5 Å². The van der Waals surface area contributed by atoms with E-state index in [9.17, 15) is 22.0 Å². The van der Waals surface area contributed by atoms with Crippen molar-refractivity contribution >= 4 is 46.4 Å². The van der Waals surface area contributed by atoms with Gasteiger partial charge in [-0.1, -0.05) is 67.1 Å². The Bertz CT molecular complexity index is 3960. The number of alkyl halides is 3. The van der Waals surface area contributed by atoms with Crippen LogP contribution >= 0.6 is 0 Å². The number of hydrogen-bond acceptors (Lipinski definition) is 12. The van der Waals surface area contributed by atoms with Crippen LogP contribution in [0.15, 0.2) is 206 Å². The topological polar surface area (TPSA) is 98.0 Å². The van der Waals surface area contributed by atoms with Gasteiger partial charge in [-0.3, -0.25) is 13.6 Å². The summed E-state index contributed by atoms with van der Waals surface area (Å²) in [5, 5.41) is 0. The SMILES string of the molecule is CN1CCN=C1c1[c-]cc(F)cc1F.CN1CCN=C1c1[c-]cccc1.Cc1cc(C2=NCCN2C)[c-]c(C(F)(F)F)c1.[C-]#[N+]c1cc[c-]c(C2=NCCN2C)c1.[Ir].[Ir].[Ir].[Ir].[Ir].[Ir].[c-]1ccccc1C1=NCCN1Cc1ccccc1.[c-]1ccccc1C1=NCCN1c1ccccc1. The maximum absolute atomic E-state index is 13.3. The molecule has 0 unspecified atom stereocenters. The first-order valence-electron chi connectivity index (χ1n) is 30.2. The second-order valence-electron chi connectivity index (χ2n) is 21.7. The summed E-state index contributed by atoms with van der Waals surface area (Å²) in [6.07, 6.45) is -4.36. The second-order valence-corrected chi connectivity index (χ2v) is 21.7. The Morgan fingerprint density at radius 2 is 0.888 bits per heavy atom. The van der Waals surface area contributed by atoms with Crippen LogP contribution in [-0.4, -0.2) is 166 Å². The van der Waals surface area contributed by atoms with Gasteiger partial charge in [0, 0.05) is 252 Å². The molecule has 526 valence electrons. The minimum Gasteiger partial charge on any atom is -0.397 e. The third-order valence-electron chi connectivity index (χ3n) is 14.9. The molecule has 6 aliphatic rings. The zero-order valence-corrected chi connectivity index (χ0v) is 68.5. The van der Waals surface area contributed by atoms with Crippen LogP contribution in [0.1, 0.15) is 50.1 Å². The maximum Gasteiger partial charge on any atom is 0.399 e. The quantitative estimate of drug-likeness (QED) is 0.105. The largest absolute Gasteiger partial charge is 0.399 e. The molecule has 0 saturated heterocycles. The molecule has 0 bridgehead atoms. The number of nitrogens with zero attached hydrogens (tertiary/aromatic N) is 13. The zero-order chi connectivity index (χ0) is 64.8. The first kappa shape index (κ1) is 85.8. The van der Waals surface area contributed by atoms with E-state index >= 15 is 0 Å². The summed E-state index contributed by atoms with van der Waals surface area (Å²) >= 11 is 0. The van der Waals surface area contributed by atoms with Crippen molar-refractivity contribution in [2.24, 2.45) is 30.0 Å². The number of para-hydroxylation sites is 1. The molecule has 6 radical (unpaired) electrons. The van der Waals surface area contributed by atoms with Gasteiger partial charge < -0.3 is 59.4 Å². The van der Waals surface area contributed by atoms with E-state index < -0.39 is 23.4 Å². The molecule has 8 aromatic rings. The summed E-state index contributed by atoms with van der Waals surface area (Å²) in [6, 6.07) is 72.7. The molecule has 6 aliphatic heterocycles. The molecule has 0 amide bonds. The van der Waals surface area contributed by atoms with Gasteiger partial charge in [-0.2, -0.15) is 19.2 Å². The number of rotatable bonds is 9. The van der Waals surface area contributed by atoms with Crippen molar-refractivity contribution in [3.63, 3.8) is 0 Å². The van der Waals surface area contributed by atoms with Gasteiger partial charge in [0.1, 0.15) is 5.69 Å². The van der Waals surface area contributed by atoms with Crippen molar-refractivity contribution in [2.75, 3.05) is 112 Å². The molecule has 14 rings (SSSR count). The van der Waals surface area contributed by atoms with E-state index in [0.29, 0.717) is 41.6 Å². The summed E-state index contributed by atoms with van der Waals surface area (Å²) < 4.78 is 63.8. The van der Waals surface area contributed by atoms with Gasteiger partial charge in [-0.05, 0) is 51.5 Å². The number of aryl methyl sites for hydroxylation is 1. The Hall–Kier alpha value is -6.38. The Morgan fingerprint density at radius 3 is 1.38 bits per heavy atom. The van der Waals surface area contributed by atoms with E-state index in [2.05, 4.69) is 159 Å². The fourth-order valence-electron chi connectivity index (χ4n) is 10.4. The molecule has 0 N–H and O–H groups in total. The van der Waals surface area contributed by atoms with Gasteiger partial charge in [0.15, 0.2) is 0 Å². The molecule has 0 fully saturated rings. The molecule has 0 atom stereocenters. The molecule has 98 heavy (non-hydrogen) atoms.